The van der Waals surface area contributed by atoms with Crippen molar-refractivity contribution in [1.29, 1.82) is 0 Å². The summed E-state index contributed by atoms with van der Waals surface area (Å²) in [6, 6.07) is 0.764. The molecule has 136 valence electrons. The number of H-pyrrole nitrogens is 1. The third kappa shape index (κ3) is 3.17. The summed E-state index contributed by atoms with van der Waals surface area (Å²) in [5.41, 5.74) is 1.34. The normalized spacial score (nSPS) is 23.1. The molecule has 0 bridgehead atoms. The molecular formula is C20H29N3OS. The Labute approximate surface area is 153 Å². The summed E-state index contributed by atoms with van der Waals surface area (Å²) < 4.78 is 0. The Hall–Kier alpha value is -1.20. The van der Waals surface area contributed by atoms with Crippen LogP contribution in [0.15, 0.2) is 4.79 Å². The highest BCUT2D eigenvalue weighted by Crippen LogP contribution is 2.36. The number of aromatic amines is 1. The van der Waals surface area contributed by atoms with E-state index in [9.17, 15) is 4.79 Å². The lowest BCUT2D eigenvalue weighted by Crippen LogP contribution is -2.36. The fraction of sp³-hybridized carbons (Fsp3) is 0.700. The van der Waals surface area contributed by atoms with E-state index in [4.69, 9.17) is 4.98 Å². The molecule has 1 saturated carbocycles. The van der Waals surface area contributed by atoms with Crippen molar-refractivity contribution in [2.24, 2.45) is 5.92 Å². The second kappa shape index (κ2) is 6.84. The van der Waals surface area contributed by atoms with Crippen LogP contribution in [0.3, 0.4) is 0 Å². The lowest BCUT2D eigenvalue weighted by Gasteiger charge is -2.35. The zero-order valence-electron chi connectivity index (χ0n) is 15.6. The monoisotopic (exact) mass is 359 g/mol. The van der Waals surface area contributed by atoms with Crippen LogP contribution in [-0.2, 0) is 12.8 Å². The number of fused-ring (bicyclic) bond motifs is 3. The summed E-state index contributed by atoms with van der Waals surface area (Å²) in [6.45, 7) is 4.48. The highest BCUT2D eigenvalue weighted by molar-refractivity contribution is 7.18. The number of nitrogens with one attached hydrogen (secondary N) is 1. The number of hydrogen-bond acceptors (Lipinski definition) is 4. The first kappa shape index (κ1) is 17.2. The van der Waals surface area contributed by atoms with Gasteiger partial charge in [-0.15, -0.1) is 11.3 Å². The Balaban J connectivity index is 1.67. The second-order valence-corrected chi connectivity index (χ2v) is 9.20. The molecule has 1 fully saturated rings. The Morgan fingerprint density at radius 2 is 2.00 bits per heavy atom. The average molecular weight is 360 g/mol. The minimum atomic E-state index is 0.0657. The zero-order valence-corrected chi connectivity index (χ0v) is 16.4. The van der Waals surface area contributed by atoms with E-state index in [-0.39, 0.29) is 11.6 Å². The lowest BCUT2D eigenvalue weighted by atomic mass is 9.89. The molecule has 0 saturated heterocycles. The van der Waals surface area contributed by atoms with Crippen LogP contribution in [0, 0.1) is 5.92 Å². The van der Waals surface area contributed by atoms with Gasteiger partial charge in [0.25, 0.3) is 5.56 Å². The van der Waals surface area contributed by atoms with Crippen LogP contribution in [0.25, 0.3) is 10.2 Å². The summed E-state index contributed by atoms with van der Waals surface area (Å²) in [5.74, 6) is 1.55. The van der Waals surface area contributed by atoms with Crippen molar-refractivity contribution < 1.29 is 0 Å². The van der Waals surface area contributed by atoms with Crippen LogP contribution in [0.1, 0.15) is 74.7 Å². The molecule has 2 unspecified atom stereocenters. The van der Waals surface area contributed by atoms with Crippen molar-refractivity contribution >= 4 is 21.6 Å². The first-order chi connectivity index (χ1) is 12.0. The topological polar surface area (TPSA) is 49.0 Å². The van der Waals surface area contributed by atoms with Crippen LogP contribution in [0.2, 0.25) is 0 Å². The van der Waals surface area contributed by atoms with E-state index < -0.39 is 0 Å². The number of aryl methyl sites for hydroxylation is 1. The molecule has 1 N–H and O–H groups in total. The maximum atomic E-state index is 12.8. The molecule has 0 spiro atoms. The standard InChI is InChI=1S/C20H29N3OS/c1-12-9-10-15-16(11-12)25-20-17(15)19(24)21-18(22-20)13(2)23(3)14-7-5-4-6-8-14/h12-14H,4-11H2,1-3H3,(H,21,22,24). The molecule has 2 atom stereocenters. The molecule has 2 aliphatic rings. The van der Waals surface area contributed by atoms with Crippen molar-refractivity contribution in [3.63, 3.8) is 0 Å². The van der Waals surface area contributed by atoms with Gasteiger partial charge < -0.3 is 4.98 Å². The van der Waals surface area contributed by atoms with E-state index in [2.05, 4.69) is 30.8 Å². The van der Waals surface area contributed by atoms with E-state index in [1.807, 2.05) is 0 Å². The molecule has 5 heteroatoms. The zero-order chi connectivity index (χ0) is 17.6. The highest BCUT2D eigenvalue weighted by atomic mass is 32.1. The van der Waals surface area contributed by atoms with Gasteiger partial charge in [-0.1, -0.05) is 26.2 Å². The Bertz CT molecular complexity index is 818. The Morgan fingerprint density at radius 3 is 2.76 bits per heavy atom. The van der Waals surface area contributed by atoms with Gasteiger partial charge in [-0.2, -0.15) is 0 Å². The first-order valence-electron chi connectivity index (χ1n) is 9.81. The first-order valence-corrected chi connectivity index (χ1v) is 10.6. The maximum absolute atomic E-state index is 12.8. The Morgan fingerprint density at radius 1 is 1.24 bits per heavy atom. The molecule has 4 nitrogen and oxygen atoms in total. The van der Waals surface area contributed by atoms with Gasteiger partial charge in [0.05, 0.1) is 11.4 Å². The Kier molecular flexibility index (Phi) is 4.71. The molecule has 0 aliphatic heterocycles. The van der Waals surface area contributed by atoms with Gasteiger partial charge >= 0.3 is 0 Å². The number of thiophene rings is 1. The summed E-state index contributed by atoms with van der Waals surface area (Å²) >= 11 is 1.75. The molecule has 25 heavy (non-hydrogen) atoms. The highest BCUT2D eigenvalue weighted by Gasteiger charge is 2.27. The van der Waals surface area contributed by atoms with Gasteiger partial charge in [-0.3, -0.25) is 9.69 Å². The molecule has 0 amide bonds. The molecule has 4 rings (SSSR count). The number of rotatable bonds is 3. The van der Waals surface area contributed by atoms with Crippen molar-refractivity contribution in [2.45, 2.75) is 77.3 Å². The fourth-order valence-electron chi connectivity index (χ4n) is 4.56. The van der Waals surface area contributed by atoms with Crippen molar-refractivity contribution in [3.05, 3.63) is 26.6 Å². The van der Waals surface area contributed by atoms with Crippen molar-refractivity contribution in [3.8, 4) is 0 Å². The molecule has 2 aliphatic carbocycles. The van der Waals surface area contributed by atoms with E-state index in [0.29, 0.717) is 6.04 Å². The molecular weight excluding hydrogens is 330 g/mol. The summed E-state index contributed by atoms with van der Waals surface area (Å²) in [5, 5.41) is 0.864. The van der Waals surface area contributed by atoms with Crippen LogP contribution in [0.5, 0.6) is 0 Å². The third-order valence-corrected chi connectivity index (χ3v) is 7.49. The SMILES string of the molecule is CC1CCc2c(sc3nc(C(C)N(C)C4CCCCC4)[nH]c(=O)c23)C1. The third-order valence-electron chi connectivity index (χ3n) is 6.34. The summed E-state index contributed by atoms with van der Waals surface area (Å²) in [7, 11) is 2.19. The van der Waals surface area contributed by atoms with Crippen LogP contribution in [-0.4, -0.2) is 28.0 Å². The fourth-order valence-corrected chi connectivity index (χ4v) is 5.95. The molecule has 2 aromatic heterocycles. The van der Waals surface area contributed by atoms with E-state index in [1.165, 1.54) is 49.0 Å². The summed E-state index contributed by atoms with van der Waals surface area (Å²) in [4.78, 5) is 25.6. The number of aromatic nitrogens is 2. The van der Waals surface area contributed by atoms with Crippen molar-refractivity contribution in [2.75, 3.05) is 7.05 Å². The predicted molar refractivity (Wildman–Crippen MR) is 104 cm³/mol. The maximum Gasteiger partial charge on any atom is 0.259 e. The molecule has 0 aromatic carbocycles. The van der Waals surface area contributed by atoms with Gasteiger partial charge in [0, 0.05) is 10.9 Å². The smallest absolute Gasteiger partial charge is 0.259 e. The number of hydrogen-bond donors (Lipinski definition) is 1. The van der Waals surface area contributed by atoms with E-state index >= 15 is 0 Å². The lowest BCUT2D eigenvalue weighted by molar-refractivity contribution is 0.142. The second-order valence-electron chi connectivity index (χ2n) is 8.12. The van der Waals surface area contributed by atoms with Gasteiger partial charge in [0.1, 0.15) is 10.7 Å². The van der Waals surface area contributed by atoms with Crippen LogP contribution >= 0.6 is 11.3 Å². The van der Waals surface area contributed by atoms with E-state index in [0.717, 1.165) is 34.8 Å². The number of nitrogens with zero attached hydrogens (tertiary/aromatic N) is 2. The van der Waals surface area contributed by atoms with Gasteiger partial charge in [0.15, 0.2) is 0 Å². The molecule has 2 heterocycles. The summed E-state index contributed by atoms with van der Waals surface area (Å²) in [6.07, 6.45) is 9.83. The molecule has 0 radical (unpaired) electrons. The minimum Gasteiger partial charge on any atom is -0.309 e. The predicted octanol–water partition coefficient (Wildman–Crippen LogP) is 4.43. The minimum absolute atomic E-state index is 0.0657. The van der Waals surface area contributed by atoms with Crippen LogP contribution < -0.4 is 5.56 Å². The van der Waals surface area contributed by atoms with Gasteiger partial charge in [-0.25, -0.2) is 4.98 Å². The largest absolute Gasteiger partial charge is 0.309 e. The van der Waals surface area contributed by atoms with E-state index in [1.54, 1.807) is 11.3 Å². The van der Waals surface area contributed by atoms with Gasteiger partial charge in [0.2, 0.25) is 0 Å². The van der Waals surface area contributed by atoms with Gasteiger partial charge in [-0.05, 0) is 57.6 Å². The average Bonchev–Trinajstić information content (AvgIpc) is 2.98. The molecule has 2 aromatic rings. The quantitative estimate of drug-likeness (QED) is 0.881. The van der Waals surface area contributed by atoms with Crippen molar-refractivity contribution in [1.82, 2.24) is 14.9 Å². The van der Waals surface area contributed by atoms with Crippen LogP contribution in [0.4, 0.5) is 0 Å².